The van der Waals surface area contributed by atoms with E-state index in [1.807, 2.05) is 6.92 Å². The topological polar surface area (TPSA) is 64.3 Å². The molecule has 0 heterocycles. The SMILES string of the molecule is CCC(C(=O)Nc1ccc(Cl)c(OC)c1)C(N)=S. The van der Waals surface area contributed by atoms with E-state index < -0.39 is 5.92 Å². The third kappa shape index (κ3) is 3.58. The highest BCUT2D eigenvalue weighted by atomic mass is 35.5. The maximum atomic E-state index is 11.9. The minimum absolute atomic E-state index is 0.191. The van der Waals surface area contributed by atoms with E-state index in [2.05, 4.69) is 5.32 Å². The van der Waals surface area contributed by atoms with Gasteiger partial charge in [0.2, 0.25) is 5.91 Å². The summed E-state index contributed by atoms with van der Waals surface area (Å²) in [4.78, 5) is 12.1. The molecule has 0 spiro atoms. The number of anilines is 1. The summed E-state index contributed by atoms with van der Waals surface area (Å²) in [5.74, 6) is -0.200. The molecule has 3 N–H and O–H groups in total. The van der Waals surface area contributed by atoms with Gasteiger partial charge in [0.1, 0.15) is 5.75 Å². The number of halogens is 1. The van der Waals surface area contributed by atoms with Crippen LogP contribution in [0.2, 0.25) is 5.02 Å². The minimum Gasteiger partial charge on any atom is -0.495 e. The molecule has 1 atom stereocenters. The summed E-state index contributed by atoms with van der Waals surface area (Å²) < 4.78 is 5.07. The minimum atomic E-state index is -0.471. The van der Waals surface area contributed by atoms with E-state index in [4.69, 9.17) is 34.3 Å². The van der Waals surface area contributed by atoms with Crippen molar-refractivity contribution in [2.24, 2.45) is 11.7 Å². The number of methoxy groups -OCH3 is 1. The van der Waals surface area contributed by atoms with Crippen LogP contribution in [-0.2, 0) is 4.79 Å². The van der Waals surface area contributed by atoms with Crippen molar-refractivity contribution in [3.05, 3.63) is 23.2 Å². The number of rotatable bonds is 5. The molecule has 4 nitrogen and oxygen atoms in total. The Bertz CT molecular complexity index is 465. The van der Waals surface area contributed by atoms with Crippen molar-refractivity contribution in [1.82, 2.24) is 0 Å². The van der Waals surface area contributed by atoms with Crippen LogP contribution >= 0.6 is 23.8 Å². The summed E-state index contributed by atoms with van der Waals surface area (Å²) in [6.45, 7) is 1.85. The van der Waals surface area contributed by atoms with E-state index in [1.165, 1.54) is 7.11 Å². The van der Waals surface area contributed by atoms with Crippen molar-refractivity contribution in [3.8, 4) is 5.75 Å². The number of nitrogens with one attached hydrogen (secondary N) is 1. The predicted octanol–water partition coefficient (Wildman–Crippen LogP) is 2.60. The highest BCUT2D eigenvalue weighted by Gasteiger charge is 2.19. The van der Waals surface area contributed by atoms with Crippen LogP contribution in [0, 0.1) is 5.92 Å². The molecule has 0 aliphatic heterocycles. The van der Waals surface area contributed by atoms with Gasteiger partial charge in [-0.15, -0.1) is 0 Å². The summed E-state index contributed by atoms with van der Waals surface area (Å²) >= 11 is 10.7. The summed E-state index contributed by atoms with van der Waals surface area (Å²) in [6, 6.07) is 4.99. The van der Waals surface area contributed by atoms with Gasteiger partial charge in [-0.05, 0) is 18.6 Å². The summed E-state index contributed by atoms with van der Waals surface area (Å²) in [5, 5.41) is 3.21. The maximum Gasteiger partial charge on any atom is 0.234 e. The lowest BCUT2D eigenvalue weighted by Gasteiger charge is -2.14. The monoisotopic (exact) mass is 286 g/mol. The molecule has 0 aliphatic carbocycles. The molecule has 18 heavy (non-hydrogen) atoms. The zero-order valence-electron chi connectivity index (χ0n) is 10.2. The third-order valence-electron chi connectivity index (χ3n) is 2.49. The van der Waals surface area contributed by atoms with Crippen LogP contribution in [-0.4, -0.2) is 18.0 Å². The van der Waals surface area contributed by atoms with E-state index in [0.717, 1.165) is 0 Å². The van der Waals surface area contributed by atoms with Crippen LogP contribution < -0.4 is 15.8 Å². The Morgan fingerprint density at radius 1 is 1.61 bits per heavy atom. The zero-order chi connectivity index (χ0) is 13.7. The molecule has 1 aromatic rings. The van der Waals surface area contributed by atoms with E-state index >= 15 is 0 Å². The second-order valence-electron chi connectivity index (χ2n) is 3.70. The Labute approximate surface area is 116 Å². The summed E-state index contributed by atoms with van der Waals surface area (Å²) in [6.07, 6.45) is 0.561. The van der Waals surface area contributed by atoms with Gasteiger partial charge in [0.15, 0.2) is 0 Å². The van der Waals surface area contributed by atoms with Gasteiger partial charge in [-0.1, -0.05) is 30.7 Å². The number of ether oxygens (including phenoxy) is 1. The fraction of sp³-hybridized carbons (Fsp3) is 0.333. The van der Waals surface area contributed by atoms with Crippen molar-refractivity contribution in [1.29, 1.82) is 0 Å². The lowest BCUT2D eigenvalue weighted by atomic mass is 10.1. The highest BCUT2D eigenvalue weighted by Crippen LogP contribution is 2.27. The lowest BCUT2D eigenvalue weighted by molar-refractivity contribution is -0.118. The largest absolute Gasteiger partial charge is 0.495 e. The molecule has 1 aromatic carbocycles. The number of amides is 1. The smallest absolute Gasteiger partial charge is 0.234 e. The first-order valence-electron chi connectivity index (χ1n) is 5.43. The van der Waals surface area contributed by atoms with E-state index in [-0.39, 0.29) is 10.9 Å². The van der Waals surface area contributed by atoms with Gasteiger partial charge in [-0.25, -0.2) is 0 Å². The van der Waals surface area contributed by atoms with Gasteiger partial charge in [-0.3, -0.25) is 4.79 Å². The van der Waals surface area contributed by atoms with E-state index in [1.54, 1.807) is 18.2 Å². The highest BCUT2D eigenvalue weighted by molar-refractivity contribution is 7.80. The Kier molecular flexibility index (Phi) is 5.37. The van der Waals surface area contributed by atoms with Crippen LogP contribution in [0.4, 0.5) is 5.69 Å². The Balaban J connectivity index is 2.84. The first kappa shape index (κ1) is 14.7. The molecule has 0 saturated heterocycles. The molecule has 0 saturated carbocycles. The molecule has 6 heteroatoms. The maximum absolute atomic E-state index is 11.9. The van der Waals surface area contributed by atoms with E-state index in [9.17, 15) is 4.79 Å². The fourth-order valence-corrected chi connectivity index (χ4v) is 1.95. The van der Waals surface area contributed by atoms with Gasteiger partial charge in [-0.2, -0.15) is 0 Å². The summed E-state index contributed by atoms with van der Waals surface area (Å²) in [5.41, 5.74) is 6.10. The van der Waals surface area contributed by atoms with Crippen LogP contribution in [0.5, 0.6) is 5.75 Å². The van der Waals surface area contributed by atoms with Crippen molar-refractivity contribution >= 4 is 40.4 Å². The van der Waals surface area contributed by atoms with Crippen LogP contribution in [0.25, 0.3) is 0 Å². The second-order valence-corrected chi connectivity index (χ2v) is 4.58. The molecule has 0 radical (unpaired) electrons. The quantitative estimate of drug-likeness (QED) is 0.817. The molecule has 0 aromatic heterocycles. The Morgan fingerprint density at radius 3 is 2.78 bits per heavy atom. The number of thiocarbonyl (C=S) groups is 1. The Hall–Kier alpha value is -1.33. The average molecular weight is 287 g/mol. The van der Waals surface area contributed by atoms with Crippen LogP contribution in [0.1, 0.15) is 13.3 Å². The van der Waals surface area contributed by atoms with Crippen molar-refractivity contribution in [2.45, 2.75) is 13.3 Å². The molecular formula is C12H15ClN2O2S. The number of benzene rings is 1. The van der Waals surface area contributed by atoms with Gasteiger partial charge < -0.3 is 15.8 Å². The molecule has 98 valence electrons. The van der Waals surface area contributed by atoms with Crippen LogP contribution in [0.3, 0.4) is 0 Å². The number of carbonyl (C=O) groups is 1. The zero-order valence-corrected chi connectivity index (χ0v) is 11.8. The van der Waals surface area contributed by atoms with E-state index in [0.29, 0.717) is 22.9 Å². The van der Waals surface area contributed by atoms with Gasteiger partial charge in [0.05, 0.1) is 23.0 Å². The predicted molar refractivity (Wildman–Crippen MR) is 77.2 cm³/mol. The lowest BCUT2D eigenvalue weighted by Crippen LogP contribution is -2.32. The number of nitrogens with two attached hydrogens (primary N) is 1. The third-order valence-corrected chi connectivity index (χ3v) is 3.08. The van der Waals surface area contributed by atoms with Gasteiger partial charge in [0.25, 0.3) is 0 Å². The van der Waals surface area contributed by atoms with Gasteiger partial charge >= 0.3 is 0 Å². The number of carbonyl (C=O) groups excluding carboxylic acids is 1. The number of hydrogen-bond acceptors (Lipinski definition) is 3. The first-order valence-corrected chi connectivity index (χ1v) is 6.22. The average Bonchev–Trinajstić information content (AvgIpc) is 2.32. The van der Waals surface area contributed by atoms with Crippen molar-refractivity contribution in [3.63, 3.8) is 0 Å². The molecule has 1 unspecified atom stereocenters. The normalized spacial score (nSPS) is 11.7. The van der Waals surface area contributed by atoms with Gasteiger partial charge in [0, 0.05) is 11.8 Å². The molecule has 0 fully saturated rings. The van der Waals surface area contributed by atoms with Crippen molar-refractivity contribution < 1.29 is 9.53 Å². The molecule has 0 bridgehead atoms. The molecule has 0 aliphatic rings. The molecular weight excluding hydrogens is 272 g/mol. The first-order chi connectivity index (χ1) is 8.49. The fourth-order valence-electron chi connectivity index (χ4n) is 1.48. The second kappa shape index (κ2) is 6.56. The molecule has 1 amide bonds. The standard InChI is InChI=1S/C12H15ClN2O2S/c1-3-8(11(14)18)12(16)15-7-4-5-9(13)10(6-7)17-2/h4-6,8H,3H2,1-2H3,(H2,14,18)(H,15,16). The van der Waals surface area contributed by atoms with Crippen molar-refractivity contribution in [2.75, 3.05) is 12.4 Å². The molecule has 1 rings (SSSR count). The Morgan fingerprint density at radius 2 is 2.28 bits per heavy atom. The summed E-state index contributed by atoms with van der Waals surface area (Å²) in [7, 11) is 1.51. The van der Waals surface area contributed by atoms with Crippen LogP contribution in [0.15, 0.2) is 18.2 Å². The number of hydrogen-bond donors (Lipinski definition) is 2.